The molecule has 0 bridgehead atoms. The summed E-state index contributed by atoms with van der Waals surface area (Å²) >= 11 is 0. The Morgan fingerprint density at radius 3 is 2.42 bits per heavy atom. The smallest absolute Gasteiger partial charge is 0.191 e. The van der Waals surface area contributed by atoms with Gasteiger partial charge in [-0.2, -0.15) is 0 Å². The van der Waals surface area contributed by atoms with Crippen molar-refractivity contribution in [1.29, 1.82) is 0 Å². The second-order valence-corrected chi connectivity index (χ2v) is 5.49. The summed E-state index contributed by atoms with van der Waals surface area (Å²) in [5.74, 6) is 0.671. The van der Waals surface area contributed by atoms with Crippen LogP contribution in [0.3, 0.4) is 0 Å². The first-order chi connectivity index (χ1) is 9.16. The van der Waals surface area contributed by atoms with E-state index in [0.717, 1.165) is 59.0 Å². The number of ether oxygens (including phenoxy) is 1. The van der Waals surface area contributed by atoms with Gasteiger partial charge < -0.3 is 20.3 Å². The zero-order chi connectivity index (χ0) is 13.7. The van der Waals surface area contributed by atoms with E-state index >= 15 is 0 Å². The van der Waals surface area contributed by atoms with Gasteiger partial charge in [0.1, 0.15) is 0 Å². The van der Waals surface area contributed by atoms with Crippen molar-refractivity contribution < 1.29 is 4.74 Å². The molecule has 0 aromatic carbocycles. The van der Waals surface area contributed by atoms with Crippen LogP contribution in [0, 0.1) is 0 Å². The molecule has 0 radical (unpaired) electrons. The van der Waals surface area contributed by atoms with Crippen molar-refractivity contribution in [2.24, 2.45) is 10.7 Å². The van der Waals surface area contributed by atoms with Gasteiger partial charge in [0.2, 0.25) is 0 Å². The number of rotatable bonds is 3. The Bertz CT molecular complexity index is 295. The molecule has 2 rings (SSSR count). The third kappa shape index (κ3) is 4.33. The van der Waals surface area contributed by atoms with Gasteiger partial charge in [-0.15, -0.1) is 0 Å². The van der Waals surface area contributed by atoms with Gasteiger partial charge in [0.25, 0.3) is 0 Å². The minimum atomic E-state index is 0.466. The molecule has 0 amide bonds. The third-order valence-electron chi connectivity index (χ3n) is 4.01. The molecule has 2 saturated heterocycles. The van der Waals surface area contributed by atoms with Crippen LogP contribution in [-0.4, -0.2) is 92.8 Å². The highest BCUT2D eigenvalue weighted by Crippen LogP contribution is 2.05. The Morgan fingerprint density at radius 2 is 1.79 bits per heavy atom. The maximum absolute atomic E-state index is 6.04. The molecule has 2 aliphatic heterocycles. The van der Waals surface area contributed by atoms with E-state index in [9.17, 15) is 0 Å². The lowest BCUT2D eigenvalue weighted by molar-refractivity contribution is 0.0672. The number of likely N-dealkylation sites (N-methyl/N-ethyl adjacent to an activating group) is 1. The van der Waals surface area contributed by atoms with Gasteiger partial charge in [-0.05, 0) is 14.0 Å². The molecule has 6 heteroatoms. The second-order valence-electron chi connectivity index (χ2n) is 5.49. The highest BCUT2D eigenvalue weighted by molar-refractivity contribution is 5.78. The molecule has 6 nitrogen and oxygen atoms in total. The number of hydrogen-bond donors (Lipinski definition) is 1. The lowest BCUT2D eigenvalue weighted by Crippen LogP contribution is -2.49. The molecule has 0 aromatic heterocycles. The average molecular weight is 269 g/mol. The first-order valence-corrected chi connectivity index (χ1v) is 7.22. The fourth-order valence-electron chi connectivity index (χ4n) is 2.50. The van der Waals surface area contributed by atoms with E-state index < -0.39 is 0 Å². The number of morpholine rings is 1. The number of piperazine rings is 1. The monoisotopic (exact) mass is 269 g/mol. The quantitative estimate of drug-likeness (QED) is 0.541. The van der Waals surface area contributed by atoms with E-state index in [1.54, 1.807) is 0 Å². The van der Waals surface area contributed by atoms with Gasteiger partial charge in [-0.1, -0.05) is 0 Å². The predicted molar refractivity (Wildman–Crippen MR) is 77.4 cm³/mol. The number of aliphatic imine (C=N–C) groups is 1. The molecule has 1 unspecified atom stereocenters. The second kappa shape index (κ2) is 7.07. The van der Waals surface area contributed by atoms with Crippen LogP contribution in [0.5, 0.6) is 0 Å². The number of nitrogens with zero attached hydrogens (tertiary/aromatic N) is 4. The van der Waals surface area contributed by atoms with E-state index in [1.807, 2.05) is 0 Å². The third-order valence-corrected chi connectivity index (χ3v) is 4.01. The van der Waals surface area contributed by atoms with Crippen molar-refractivity contribution in [2.75, 3.05) is 66.1 Å². The van der Waals surface area contributed by atoms with E-state index in [-0.39, 0.29) is 0 Å². The molecule has 1 atom stereocenters. The largest absolute Gasteiger partial charge is 0.378 e. The maximum Gasteiger partial charge on any atom is 0.191 e. The molecule has 2 N–H and O–H groups in total. The van der Waals surface area contributed by atoms with Crippen LogP contribution < -0.4 is 5.73 Å². The highest BCUT2D eigenvalue weighted by Gasteiger charge is 2.19. The summed E-state index contributed by atoms with van der Waals surface area (Å²) in [6, 6.07) is 0.466. The summed E-state index contributed by atoms with van der Waals surface area (Å²) in [7, 11) is 2.18. The fraction of sp³-hybridized carbons (Fsp3) is 0.923. The number of hydrogen-bond acceptors (Lipinski definition) is 4. The van der Waals surface area contributed by atoms with E-state index in [0.29, 0.717) is 12.0 Å². The van der Waals surface area contributed by atoms with Crippen LogP contribution in [0.2, 0.25) is 0 Å². The van der Waals surface area contributed by atoms with Crippen molar-refractivity contribution in [3.8, 4) is 0 Å². The van der Waals surface area contributed by atoms with Crippen LogP contribution in [-0.2, 0) is 4.74 Å². The summed E-state index contributed by atoms with van der Waals surface area (Å²) < 4.78 is 5.32. The standard InChI is InChI=1S/C13H27N5O/c1-12(17-5-3-16(2)4-6-17)11-15-13(14)18-7-9-19-10-8-18/h12H,3-11H2,1-2H3,(H2,14,15). The summed E-state index contributed by atoms with van der Waals surface area (Å²) in [5.41, 5.74) is 6.04. The topological polar surface area (TPSA) is 57.3 Å². The van der Waals surface area contributed by atoms with Crippen LogP contribution in [0.15, 0.2) is 4.99 Å². The molecular formula is C13H27N5O. The fourth-order valence-corrected chi connectivity index (χ4v) is 2.50. The lowest BCUT2D eigenvalue weighted by atomic mass is 10.2. The van der Waals surface area contributed by atoms with Crippen molar-refractivity contribution >= 4 is 5.96 Å². The number of guanidine groups is 1. The molecule has 19 heavy (non-hydrogen) atoms. The van der Waals surface area contributed by atoms with Gasteiger partial charge in [-0.3, -0.25) is 9.89 Å². The van der Waals surface area contributed by atoms with Crippen LogP contribution >= 0.6 is 0 Å². The Morgan fingerprint density at radius 1 is 1.16 bits per heavy atom. The lowest BCUT2D eigenvalue weighted by Gasteiger charge is -2.36. The van der Waals surface area contributed by atoms with Crippen LogP contribution in [0.25, 0.3) is 0 Å². The SMILES string of the molecule is CC(CN=C(N)N1CCOCC1)N1CCN(C)CC1. The van der Waals surface area contributed by atoms with Gasteiger partial charge in [0.15, 0.2) is 5.96 Å². The Hall–Kier alpha value is -0.850. The summed E-state index contributed by atoms with van der Waals surface area (Å²) in [4.78, 5) is 11.5. The molecule has 2 fully saturated rings. The van der Waals surface area contributed by atoms with E-state index in [1.165, 1.54) is 0 Å². The Kier molecular flexibility index (Phi) is 5.42. The minimum absolute atomic E-state index is 0.466. The van der Waals surface area contributed by atoms with Crippen molar-refractivity contribution in [2.45, 2.75) is 13.0 Å². The predicted octanol–water partition coefficient (Wildman–Crippen LogP) is -0.731. The Balaban J connectivity index is 1.76. The zero-order valence-corrected chi connectivity index (χ0v) is 12.2. The average Bonchev–Trinajstić information content (AvgIpc) is 2.46. The van der Waals surface area contributed by atoms with Crippen LogP contribution in [0.1, 0.15) is 6.92 Å². The van der Waals surface area contributed by atoms with E-state index in [4.69, 9.17) is 10.5 Å². The first-order valence-electron chi connectivity index (χ1n) is 7.22. The normalized spacial score (nSPS) is 25.6. The van der Waals surface area contributed by atoms with Gasteiger partial charge >= 0.3 is 0 Å². The molecular weight excluding hydrogens is 242 g/mol. The summed E-state index contributed by atoms with van der Waals surface area (Å²) in [6.07, 6.45) is 0. The molecule has 2 aliphatic rings. The molecule has 0 saturated carbocycles. The van der Waals surface area contributed by atoms with Gasteiger partial charge in [0.05, 0.1) is 19.8 Å². The van der Waals surface area contributed by atoms with E-state index in [2.05, 4.69) is 33.7 Å². The first kappa shape index (κ1) is 14.6. The summed E-state index contributed by atoms with van der Waals surface area (Å²) in [6.45, 7) is 10.8. The highest BCUT2D eigenvalue weighted by atomic mass is 16.5. The molecule has 0 spiro atoms. The van der Waals surface area contributed by atoms with Crippen LogP contribution in [0.4, 0.5) is 0 Å². The van der Waals surface area contributed by atoms with Gasteiger partial charge in [0, 0.05) is 45.3 Å². The summed E-state index contributed by atoms with van der Waals surface area (Å²) in [5, 5.41) is 0. The maximum atomic E-state index is 6.04. The van der Waals surface area contributed by atoms with Crippen molar-refractivity contribution in [3.05, 3.63) is 0 Å². The molecule has 0 aromatic rings. The molecule has 2 heterocycles. The van der Waals surface area contributed by atoms with Gasteiger partial charge in [-0.25, -0.2) is 0 Å². The molecule has 110 valence electrons. The minimum Gasteiger partial charge on any atom is -0.378 e. The van der Waals surface area contributed by atoms with Crippen molar-refractivity contribution in [3.63, 3.8) is 0 Å². The Labute approximate surface area is 116 Å². The van der Waals surface area contributed by atoms with Crippen molar-refractivity contribution in [1.82, 2.24) is 14.7 Å². The zero-order valence-electron chi connectivity index (χ0n) is 12.2. The molecule has 0 aliphatic carbocycles. The number of nitrogens with two attached hydrogens (primary N) is 1.